The Morgan fingerprint density at radius 2 is 2.36 bits per heavy atom. The van der Waals surface area contributed by atoms with Crippen molar-refractivity contribution in [1.82, 2.24) is 14.6 Å². The van der Waals surface area contributed by atoms with Crippen LogP contribution in [0, 0.1) is 6.92 Å². The summed E-state index contributed by atoms with van der Waals surface area (Å²) >= 11 is 5.68. The first-order valence-corrected chi connectivity index (χ1v) is 3.62. The lowest BCUT2D eigenvalue weighted by atomic mass is 10.5. The normalized spacial score (nSPS) is 10.7. The smallest absolute Gasteiger partial charge is 0.156 e. The Balaban J connectivity index is 2.82. The van der Waals surface area contributed by atoms with Crippen LogP contribution in [0.15, 0.2) is 18.3 Å². The van der Waals surface area contributed by atoms with Gasteiger partial charge in [0.1, 0.15) is 5.15 Å². The van der Waals surface area contributed by atoms with Gasteiger partial charge in [-0.1, -0.05) is 11.6 Å². The Kier molecular flexibility index (Phi) is 1.32. The summed E-state index contributed by atoms with van der Waals surface area (Å²) in [5, 5.41) is 4.65. The maximum absolute atomic E-state index is 5.68. The van der Waals surface area contributed by atoms with Crippen molar-refractivity contribution in [3.63, 3.8) is 0 Å². The molecule has 0 unspecified atom stereocenters. The van der Waals surface area contributed by atoms with Crippen molar-refractivity contribution in [3.8, 4) is 0 Å². The summed E-state index contributed by atoms with van der Waals surface area (Å²) < 4.78 is 1.70. The quantitative estimate of drug-likeness (QED) is 0.559. The maximum atomic E-state index is 5.68. The van der Waals surface area contributed by atoms with Crippen molar-refractivity contribution in [2.75, 3.05) is 0 Å². The minimum absolute atomic E-state index is 0.498. The third-order valence-corrected chi connectivity index (χ3v) is 1.62. The fourth-order valence-corrected chi connectivity index (χ4v) is 1.12. The number of aromatic nitrogens is 3. The summed E-state index contributed by atoms with van der Waals surface area (Å²) in [6.45, 7) is 1.92. The molecule has 0 aromatic carbocycles. The molecule has 0 saturated heterocycles. The average molecular weight is 168 g/mol. The van der Waals surface area contributed by atoms with Crippen molar-refractivity contribution in [3.05, 3.63) is 29.2 Å². The highest BCUT2D eigenvalue weighted by Gasteiger charge is 1.97. The van der Waals surface area contributed by atoms with Gasteiger partial charge < -0.3 is 0 Å². The first kappa shape index (κ1) is 6.61. The molecule has 0 bridgehead atoms. The van der Waals surface area contributed by atoms with Gasteiger partial charge >= 0.3 is 0 Å². The van der Waals surface area contributed by atoms with Gasteiger partial charge in [0.2, 0.25) is 0 Å². The van der Waals surface area contributed by atoms with Gasteiger partial charge in [-0.15, -0.1) is 0 Å². The third-order valence-electron chi connectivity index (χ3n) is 1.41. The fourth-order valence-electron chi connectivity index (χ4n) is 0.975. The summed E-state index contributed by atoms with van der Waals surface area (Å²) in [5.74, 6) is 0. The molecule has 0 saturated carbocycles. The van der Waals surface area contributed by atoms with Crippen LogP contribution in [0.4, 0.5) is 0 Å². The van der Waals surface area contributed by atoms with Crippen LogP contribution in [0.1, 0.15) is 5.69 Å². The highest BCUT2D eigenvalue weighted by molar-refractivity contribution is 6.29. The van der Waals surface area contributed by atoms with E-state index in [-0.39, 0.29) is 0 Å². The molecule has 0 fully saturated rings. The molecule has 3 nitrogen and oxygen atoms in total. The van der Waals surface area contributed by atoms with Crippen molar-refractivity contribution >= 4 is 17.2 Å². The van der Waals surface area contributed by atoms with Gasteiger partial charge in [0.15, 0.2) is 5.65 Å². The van der Waals surface area contributed by atoms with Gasteiger partial charge in [-0.25, -0.2) is 9.50 Å². The van der Waals surface area contributed by atoms with Crippen molar-refractivity contribution in [2.45, 2.75) is 6.92 Å². The molecule has 0 spiro atoms. The summed E-state index contributed by atoms with van der Waals surface area (Å²) in [7, 11) is 0. The Morgan fingerprint density at radius 1 is 1.55 bits per heavy atom. The molecule has 56 valence electrons. The van der Waals surface area contributed by atoms with Crippen molar-refractivity contribution < 1.29 is 0 Å². The van der Waals surface area contributed by atoms with Crippen LogP contribution in [0.3, 0.4) is 0 Å². The van der Waals surface area contributed by atoms with Gasteiger partial charge in [-0.3, -0.25) is 0 Å². The SMILES string of the molecule is Cc1cc2nc(Cl)ccn2n1. The second-order valence-corrected chi connectivity index (χ2v) is 2.73. The van der Waals surface area contributed by atoms with Crippen LogP contribution in [-0.4, -0.2) is 14.6 Å². The molecule has 0 N–H and O–H groups in total. The predicted molar refractivity (Wildman–Crippen MR) is 42.7 cm³/mol. The lowest BCUT2D eigenvalue weighted by molar-refractivity contribution is 0.917. The topological polar surface area (TPSA) is 30.2 Å². The molecule has 4 heteroatoms. The van der Waals surface area contributed by atoms with Gasteiger partial charge in [0.05, 0.1) is 5.69 Å². The molecule has 11 heavy (non-hydrogen) atoms. The first-order chi connectivity index (χ1) is 5.25. The van der Waals surface area contributed by atoms with Crippen molar-refractivity contribution in [2.24, 2.45) is 0 Å². The Bertz CT molecular complexity index is 393. The van der Waals surface area contributed by atoms with E-state index < -0.39 is 0 Å². The lowest BCUT2D eigenvalue weighted by Crippen LogP contribution is -1.88. The Labute approximate surface area is 68.6 Å². The second-order valence-electron chi connectivity index (χ2n) is 2.34. The molecule has 0 aliphatic carbocycles. The molecule has 0 aliphatic rings. The van der Waals surface area contributed by atoms with E-state index in [1.165, 1.54) is 0 Å². The highest BCUT2D eigenvalue weighted by atomic mass is 35.5. The zero-order valence-corrected chi connectivity index (χ0v) is 6.71. The highest BCUT2D eigenvalue weighted by Crippen LogP contribution is 2.07. The molecule has 0 amide bonds. The van der Waals surface area contributed by atoms with Gasteiger partial charge in [-0.05, 0) is 13.0 Å². The van der Waals surface area contributed by atoms with Crippen molar-refractivity contribution in [1.29, 1.82) is 0 Å². The van der Waals surface area contributed by atoms with Crippen LogP contribution in [0.25, 0.3) is 5.65 Å². The predicted octanol–water partition coefficient (Wildman–Crippen LogP) is 1.69. The summed E-state index contributed by atoms with van der Waals surface area (Å²) in [4.78, 5) is 4.06. The van der Waals surface area contributed by atoms with E-state index in [1.807, 2.05) is 13.0 Å². The molecule has 0 atom stereocenters. The second kappa shape index (κ2) is 2.20. The number of halogens is 1. The molecule has 2 aromatic heterocycles. The van der Waals surface area contributed by atoms with Crippen LogP contribution < -0.4 is 0 Å². The number of hydrogen-bond acceptors (Lipinski definition) is 2. The van der Waals surface area contributed by atoms with E-state index in [0.29, 0.717) is 5.15 Å². The number of fused-ring (bicyclic) bond motifs is 1. The summed E-state index contributed by atoms with van der Waals surface area (Å²) in [5.41, 5.74) is 1.73. The van der Waals surface area contributed by atoms with Crippen LogP contribution in [-0.2, 0) is 0 Å². The summed E-state index contributed by atoms with van der Waals surface area (Å²) in [6.07, 6.45) is 1.79. The molecule has 2 rings (SSSR count). The van der Waals surface area contributed by atoms with Gasteiger partial charge in [0.25, 0.3) is 0 Å². The molecule has 0 radical (unpaired) electrons. The third kappa shape index (κ3) is 1.07. The Hall–Kier alpha value is -1.09. The molecule has 0 aliphatic heterocycles. The molecular formula is C7H6ClN3. The van der Waals surface area contributed by atoms with E-state index in [4.69, 9.17) is 11.6 Å². The van der Waals surface area contributed by atoms with Gasteiger partial charge in [-0.2, -0.15) is 5.10 Å². The zero-order valence-electron chi connectivity index (χ0n) is 5.95. The van der Waals surface area contributed by atoms with E-state index in [0.717, 1.165) is 11.3 Å². The molecule has 2 heterocycles. The monoisotopic (exact) mass is 167 g/mol. The van der Waals surface area contributed by atoms with Crippen LogP contribution >= 0.6 is 11.6 Å². The minimum Gasteiger partial charge on any atom is -0.222 e. The average Bonchev–Trinajstić information content (AvgIpc) is 2.27. The van der Waals surface area contributed by atoms with Crippen LogP contribution in [0.2, 0.25) is 5.15 Å². The van der Waals surface area contributed by atoms with Gasteiger partial charge in [0, 0.05) is 12.3 Å². The van der Waals surface area contributed by atoms with E-state index in [2.05, 4.69) is 10.1 Å². The van der Waals surface area contributed by atoms with Crippen LogP contribution in [0.5, 0.6) is 0 Å². The molecular weight excluding hydrogens is 162 g/mol. The number of nitrogens with zero attached hydrogens (tertiary/aromatic N) is 3. The van der Waals surface area contributed by atoms with E-state index >= 15 is 0 Å². The first-order valence-electron chi connectivity index (χ1n) is 3.24. The Morgan fingerprint density at radius 3 is 3.18 bits per heavy atom. The molecule has 2 aromatic rings. The maximum Gasteiger partial charge on any atom is 0.156 e. The van der Waals surface area contributed by atoms with E-state index in [1.54, 1.807) is 16.8 Å². The summed E-state index contributed by atoms with van der Waals surface area (Å²) in [6, 6.07) is 3.59. The standard InChI is InChI=1S/C7H6ClN3/c1-5-4-7-9-6(8)2-3-11(7)10-5/h2-4H,1H3. The number of aryl methyl sites for hydroxylation is 1. The number of rotatable bonds is 0. The largest absolute Gasteiger partial charge is 0.222 e. The number of hydrogen-bond donors (Lipinski definition) is 0. The zero-order chi connectivity index (χ0) is 7.84. The van der Waals surface area contributed by atoms with E-state index in [9.17, 15) is 0 Å². The lowest BCUT2D eigenvalue weighted by Gasteiger charge is -1.90. The minimum atomic E-state index is 0.498. The fraction of sp³-hybridized carbons (Fsp3) is 0.143.